The van der Waals surface area contributed by atoms with E-state index in [4.69, 9.17) is 14.6 Å². The van der Waals surface area contributed by atoms with Crippen molar-refractivity contribution >= 4 is 29.3 Å². The van der Waals surface area contributed by atoms with Crippen molar-refractivity contribution in [1.29, 1.82) is 0 Å². The van der Waals surface area contributed by atoms with Crippen LogP contribution in [0.5, 0.6) is 5.75 Å². The first-order valence-corrected chi connectivity index (χ1v) is 7.45. The van der Waals surface area contributed by atoms with Crippen LogP contribution >= 0.6 is 0 Å². The Morgan fingerprint density at radius 2 is 2.08 bits per heavy atom. The van der Waals surface area contributed by atoms with Gasteiger partial charge in [0.05, 0.1) is 12.1 Å². The number of ether oxygens (including phenoxy) is 2. The van der Waals surface area contributed by atoms with Crippen LogP contribution in [0.25, 0.3) is 0 Å². The molecule has 0 atom stereocenters. The maximum atomic E-state index is 12.0. The molecule has 0 spiro atoms. The first-order chi connectivity index (χ1) is 11.2. The Morgan fingerprint density at radius 3 is 2.71 bits per heavy atom. The Kier molecular flexibility index (Phi) is 4.96. The van der Waals surface area contributed by atoms with E-state index in [1.165, 1.54) is 4.90 Å². The number of carbonyl (C=O) groups is 3. The van der Waals surface area contributed by atoms with Crippen LogP contribution in [0.2, 0.25) is 0 Å². The lowest BCUT2D eigenvalue weighted by Gasteiger charge is -2.29. The Balaban J connectivity index is 2.19. The van der Waals surface area contributed by atoms with Crippen LogP contribution in [-0.2, 0) is 14.3 Å². The molecule has 130 valence electrons. The molecule has 2 N–H and O–H groups in total. The molecule has 0 bridgehead atoms. The second-order valence-electron chi connectivity index (χ2n) is 6.29. The Hall–Kier alpha value is -2.77. The molecule has 8 nitrogen and oxygen atoms in total. The van der Waals surface area contributed by atoms with Crippen molar-refractivity contribution in [3.63, 3.8) is 0 Å². The van der Waals surface area contributed by atoms with Gasteiger partial charge in [-0.1, -0.05) is 0 Å². The van der Waals surface area contributed by atoms with Gasteiger partial charge in [0.15, 0.2) is 6.61 Å². The molecule has 1 aliphatic rings. The van der Waals surface area contributed by atoms with Gasteiger partial charge in [-0.15, -0.1) is 0 Å². The number of rotatable bonds is 4. The molecule has 0 unspecified atom stereocenters. The topological polar surface area (TPSA) is 105 Å². The summed E-state index contributed by atoms with van der Waals surface area (Å²) in [7, 11) is 0. The predicted molar refractivity (Wildman–Crippen MR) is 86.4 cm³/mol. The lowest BCUT2D eigenvalue weighted by molar-refractivity contribution is -0.136. The van der Waals surface area contributed by atoms with Crippen LogP contribution in [0.1, 0.15) is 27.2 Å². The number of hydrogen-bond donors (Lipinski definition) is 2. The molecule has 1 aliphatic heterocycles. The molecular formula is C16H20N2O6. The molecular weight excluding hydrogens is 316 g/mol. The van der Waals surface area contributed by atoms with Crippen molar-refractivity contribution in [1.82, 2.24) is 0 Å². The van der Waals surface area contributed by atoms with E-state index in [-0.39, 0.29) is 25.5 Å². The quantitative estimate of drug-likeness (QED) is 0.873. The normalized spacial score (nSPS) is 13.8. The Morgan fingerprint density at radius 1 is 1.38 bits per heavy atom. The molecule has 0 aromatic heterocycles. The number of carbonyl (C=O) groups excluding carboxylic acids is 2. The smallest absolute Gasteiger partial charge is 0.412 e. The summed E-state index contributed by atoms with van der Waals surface area (Å²) < 4.78 is 10.5. The van der Waals surface area contributed by atoms with Gasteiger partial charge >= 0.3 is 12.1 Å². The van der Waals surface area contributed by atoms with E-state index in [9.17, 15) is 14.4 Å². The van der Waals surface area contributed by atoms with Gasteiger partial charge in [0.25, 0.3) is 5.91 Å². The molecule has 0 saturated carbocycles. The van der Waals surface area contributed by atoms with E-state index in [1.807, 2.05) is 0 Å². The molecule has 1 aromatic carbocycles. The maximum Gasteiger partial charge on any atom is 0.412 e. The Labute approximate surface area is 139 Å². The van der Waals surface area contributed by atoms with E-state index in [0.29, 0.717) is 17.1 Å². The lowest BCUT2D eigenvalue weighted by Crippen LogP contribution is -2.40. The van der Waals surface area contributed by atoms with E-state index in [0.717, 1.165) is 0 Å². The predicted octanol–water partition coefficient (Wildman–Crippen LogP) is 2.23. The van der Waals surface area contributed by atoms with E-state index >= 15 is 0 Å². The minimum absolute atomic E-state index is 0.0282. The fraction of sp³-hybridized carbons (Fsp3) is 0.438. The maximum absolute atomic E-state index is 12.0. The second-order valence-corrected chi connectivity index (χ2v) is 6.29. The monoisotopic (exact) mass is 336 g/mol. The van der Waals surface area contributed by atoms with E-state index in [1.54, 1.807) is 39.0 Å². The fourth-order valence-electron chi connectivity index (χ4n) is 2.15. The molecule has 2 amide bonds. The summed E-state index contributed by atoms with van der Waals surface area (Å²) >= 11 is 0. The van der Waals surface area contributed by atoms with Crippen molar-refractivity contribution in [2.45, 2.75) is 32.8 Å². The lowest BCUT2D eigenvalue weighted by atomic mass is 10.2. The third-order valence-electron chi connectivity index (χ3n) is 3.10. The summed E-state index contributed by atoms with van der Waals surface area (Å²) in [6.07, 6.45) is -0.808. The average Bonchev–Trinajstić information content (AvgIpc) is 2.43. The van der Waals surface area contributed by atoms with Crippen molar-refractivity contribution in [3.8, 4) is 5.75 Å². The van der Waals surface area contributed by atoms with Gasteiger partial charge in [-0.05, 0) is 39.0 Å². The summed E-state index contributed by atoms with van der Waals surface area (Å²) in [5.74, 6) is -0.883. The number of benzene rings is 1. The number of carboxylic acid groups (broad SMARTS) is 1. The van der Waals surface area contributed by atoms with Gasteiger partial charge in [0.2, 0.25) is 0 Å². The van der Waals surface area contributed by atoms with Crippen molar-refractivity contribution < 1.29 is 29.0 Å². The summed E-state index contributed by atoms with van der Waals surface area (Å²) in [5, 5.41) is 11.4. The van der Waals surface area contributed by atoms with Crippen molar-refractivity contribution in [2.75, 3.05) is 23.4 Å². The highest BCUT2D eigenvalue weighted by molar-refractivity contribution is 5.99. The molecule has 8 heteroatoms. The molecule has 1 aromatic rings. The van der Waals surface area contributed by atoms with Crippen LogP contribution in [0.4, 0.5) is 16.2 Å². The van der Waals surface area contributed by atoms with E-state index in [2.05, 4.69) is 5.32 Å². The molecule has 0 aliphatic carbocycles. The van der Waals surface area contributed by atoms with Gasteiger partial charge in [-0.3, -0.25) is 14.9 Å². The van der Waals surface area contributed by atoms with E-state index < -0.39 is 17.7 Å². The average molecular weight is 336 g/mol. The minimum Gasteiger partial charge on any atom is -0.482 e. The van der Waals surface area contributed by atoms with Gasteiger partial charge in [-0.25, -0.2) is 4.79 Å². The second kappa shape index (κ2) is 6.77. The first-order valence-electron chi connectivity index (χ1n) is 7.45. The van der Waals surface area contributed by atoms with Gasteiger partial charge in [0.1, 0.15) is 11.4 Å². The zero-order valence-corrected chi connectivity index (χ0v) is 13.8. The zero-order valence-electron chi connectivity index (χ0n) is 13.8. The molecule has 0 fully saturated rings. The van der Waals surface area contributed by atoms with Gasteiger partial charge < -0.3 is 19.5 Å². The first kappa shape index (κ1) is 17.6. The van der Waals surface area contributed by atoms with Crippen molar-refractivity contribution in [3.05, 3.63) is 18.2 Å². The number of nitrogens with zero attached hydrogens (tertiary/aromatic N) is 1. The number of fused-ring (bicyclic) bond motifs is 1. The molecule has 0 saturated heterocycles. The van der Waals surface area contributed by atoms with Crippen LogP contribution < -0.4 is 15.0 Å². The summed E-state index contributed by atoms with van der Waals surface area (Å²) in [4.78, 5) is 35.9. The largest absolute Gasteiger partial charge is 0.482 e. The van der Waals surface area contributed by atoms with Crippen LogP contribution in [0.3, 0.4) is 0 Å². The number of nitrogens with one attached hydrogen (secondary N) is 1. The number of amides is 2. The highest BCUT2D eigenvalue weighted by Crippen LogP contribution is 2.34. The molecule has 24 heavy (non-hydrogen) atoms. The van der Waals surface area contributed by atoms with Crippen LogP contribution in [0.15, 0.2) is 18.2 Å². The Bertz CT molecular complexity index is 665. The molecule has 1 heterocycles. The van der Waals surface area contributed by atoms with Gasteiger partial charge in [0, 0.05) is 12.2 Å². The summed E-state index contributed by atoms with van der Waals surface area (Å²) in [6.45, 7) is 5.13. The summed E-state index contributed by atoms with van der Waals surface area (Å²) in [5.41, 5.74) is 0.202. The number of hydrogen-bond acceptors (Lipinski definition) is 5. The molecule has 0 radical (unpaired) electrons. The number of anilines is 2. The standard InChI is InChI=1S/C16H20N2O6/c1-16(2,3)24-15(22)17-10-4-5-12-11(8-10)18(7-6-14(20)21)13(19)9-23-12/h4-5,8H,6-7,9H2,1-3H3,(H,17,22)(H,20,21). The minimum atomic E-state index is -1.00. The third kappa shape index (κ3) is 4.61. The van der Waals surface area contributed by atoms with Gasteiger partial charge in [-0.2, -0.15) is 0 Å². The van der Waals surface area contributed by atoms with Crippen LogP contribution in [0, 0.1) is 0 Å². The van der Waals surface area contributed by atoms with Crippen molar-refractivity contribution in [2.24, 2.45) is 0 Å². The number of aliphatic carboxylic acids is 1. The molecule has 2 rings (SSSR count). The fourth-order valence-corrected chi connectivity index (χ4v) is 2.15. The highest BCUT2D eigenvalue weighted by Gasteiger charge is 2.26. The SMILES string of the molecule is CC(C)(C)OC(=O)Nc1ccc2c(c1)N(CCC(=O)O)C(=O)CO2. The van der Waals surface area contributed by atoms with Crippen LogP contribution in [-0.4, -0.2) is 41.8 Å². The highest BCUT2D eigenvalue weighted by atomic mass is 16.6. The number of carboxylic acids is 1. The summed E-state index contributed by atoms with van der Waals surface area (Å²) in [6, 6.07) is 4.79. The third-order valence-corrected chi connectivity index (χ3v) is 3.10. The zero-order chi connectivity index (χ0) is 17.9.